The predicted octanol–water partition coefficient (Wildman–Crippen LogP) is -0.180. The van der Waals surface area contributed by atoms with Gasteiger partial charge in [0.25, 0.3) is 0 Å². The summed E-state index contributed by atoms with van der Waals surface area (Å²) in [6.07, 6.45) is 1.51. The summed E-state index contributed by atoms with van der Waals surface area (Å²) in [5.74, 6) is 0.115. The molecule has 7 nitrogen and oxygen atoms in total. The van der Waals surface area contributed by atoms with E-state index in [1.54, 1.807) is 4.68 Å². The summed E-state index contributed by atoms with van der Waals surface area (Å²) >= 11 is 0. The second kappa shape index (κ2) is 4.53. The van der Waals surface area contributed by atoms with Gasteiger partial charge in [-0.15, -0.1) is 5.10 Å². The maximum absolute atomic E-state index is 11.8. The molecule has 0 bridgehead atoms. The molecule has 92 valence electrons. The van der Waals surface area contributed by atoms with Crippen molar-refractivity contribution in [3.8, 4) is 5.69 Å². The molecule has 7 heteroatoms. The molecular weight excluding hydrogens is 232 g/mol. The molecule has 0 saturated carbocycles. The van der Waals surface area contributed by atoms with E-state index in [9.17, 15) is 4.79 Å². The van der Waals surface area contributed by atoms with Gasteiger partial charge in [-0.05, 0) is 28.6 Å². The van der Waals surface area contributed by atoms with Crippen molar-refractivity contribution >= 4 is 11.6 Å². The lowest BCUT2D eigenvalue weighted by molar-refractivity contribution is -0.121. The van der Waals surface area contributed by atoms with Crippen LogP contribution in [-0.4, -0.2) is 39.2 Å². The molecule has 0 aliphatic carbocycles. The molecule has 1 aromatic carbocycles. The fourth-order valence-corrected chi connectivity index (χ4v) is 1.72. The Bertz CT molecular complexity index is 548. The van der Waals surface area contributed by atoms with Crippen molar-refractivity contribution in [1.29, 1.82) is 0 Å². The average molecular weight is 244 g/mol. The van der Waals surface area contributed by atoms with Crippen LogP contribution in [0.3, 0.4) is 0 Å². The van der Waals surface area contributed by atoms with Crippen LogP contribution < -0.4 is 10.6 Å². The zero-order valence-electron chi connectivity index (χ0n) is 9.58. The smallest absolute Gasteiger partial charge is 0.230 e. The molecule has 0 atom stereocenters. The number of nitrogens with one attached hydrogen (secondary N) is 2. The first-order valence-electron chi connectivity index (χ1n) is 5.68. The average Bonchev–Trinajstić information content (AvgIpc) is 2.80. The van der Waals surface area contributed by atoms with Crippen molar-refractivity contribution in [1.82, 2.24) is 25.5 Å². The molecule has 0 unspecified atom stereocenters. The van der Waals surface area contributed by atoms with Crippen molar-refractivity contribution in [2.75, 3.05) is 18.4 Å². The van der Waals surface area contributed by atoms with Gasteiger partial charge in [-0.3, -0.25) is 4.79 Å². The van der Waals surface area contributed by atoms with Crippen LogP contribution in [0.2, 0.25) is 0 Å². The summed E-state index contributed by atoms with van der Waals surface area (Å²) < 4.78 is 1.54. The molecule has 2 aromatic rings. The highest BCUT2D eigenvalue weighted by Crippen LogP contribution is 2.15. The summed E-state index contributed by atoms with van der Waals surface area (Å²) in [7, 11) is 0. The van der Waals surface area contributed by atoms with E-state index in [1.165, 1.54) is 6.33 Å². The highest BCUT2D eigenvalue weighted by atomic mass is 16.2. The van der Waals surface area contributed by atoms with Crippen molar-refractivity contribution < 1.29 is 4.79 Å². The van der Waals surface area contributed by atoms with Crippen LogP contribution in [0.4, 0.5) is 5.69 Å². The maximum atomic E-state index is 11.8. The van der Waals surface area contributed by atoms with E-state index in [0.717, 1.165) is 24.5 Å². The summed E-state index contributed by atoms with van der Waals surface area (Å²) in [4.78, 5) is 11.8. The number of anilines is 1. The van der Waals surface area contributed by atoms with Gasteiger partial charge in [0.15, 0.2) is 0 Å². The van der Waals surface area contributed by atoms with Gasteiger partial charge in [0.2, 0.25) is 5.91 Å². The number of hydrogen-bond donors (Lipinski definition) is 2. The van der Waals surface area contributed by atoms with Crippen LogP contribution >= 0.6 is 0 Å². The molecular formula is C11H12N6O. The Labute approximate surface area is 103 Å². The van der Waals surface area contributed by atoms with E-state index >= 15 is 0 Å². The van der Waals surface area contributed by atoms with Crippen LogP contribution in [0.1, 0.15) is 0 Å². The molecule has 2 N–H and O–H groups in total. The fourth-order valence-electron chi connectivity index (χ4n) is 1.72. The van der Waals surface area contributed by atoms with Crippen LogP contribution in [0.15, 0.2) is 30.6 Å². The molecule has 3 rings (SSSR count). The Morgan fingerprint density at radius 2 is 2.33 bits per heavy atom. The maximum Gasteiger partial charge on any atom is 0.230 e. The van der Waals surface area contributed by atoms with E-state index in [1.807, 2.05) is 24.3 Å². The zero-order valence-corrected chi connectivity index (χ0v) is 9.58. The number of amides is 1. The van der Waals surface area contributed by atoms with E-state index in [2.05, 4.69) is 26.2 Å². The van der Waals surface area contributed by atoms with Crippen LogP contribution in [0.25, 0.3) is 5.69 Å². The van der Waals surface area contributed by atoms with E-state index in [-0.39, 0.29) is 11.8 Å². The lowest BCUT2D eigenvalue weighted by atomic mass is 10.0. The third-order valence-corrected chi connectivity index (χ3v) is 2.88. The topological polar surface area (TPSA) is 84.7 Å². The van der Waals surface area contributed by atoms with Crippen molar-refractivity contribution in [3.05, 3.63) is 30.6 Å². The van der Waals surface area contributed by atoms with Gasteiger partial charge in [-0.1, -0.05) is 6.07 Å². The summed E-state index contributed by atoms with van der Waals surface area (Å²) in [5, 5.41) is 16.9. The standard InChI is InChI=1S/C11H12N6O/c18-11(8-5-12-6-8)14-9-2-1-3-10(4-9)17-7-13-15-16-17/h1-4,7-8,12H,5-6H2,(H,14,18). The monoisotopic (exact) mass is 244 g/mol. The van der Waals surface area contributed by atoms with E-state index in [4.69, 9.17) is 0 Å². The summed E-state index contributed by atoms with van der Waals surface area (Å²) in [6.45, 7) is 1.50. The van der Waals surface area contributed by atoms with Gasteiger partial charge in [-0.25, -0.2) is 4.68 Å². The number of rotatable bonds is 3. The second-order valence-corrected chi connectivity index (χ2v) is 4.15. The molecule has 1 aromatic heterocycles. The number of hydrogen-bond acceptors (Lipinski definition) is 5. The minimum absolute atomic E-state index is 0.0441. The SMILES string of the molecule is O=C(Nc1cccc(-n2cnnn2)c1)C1CNC1. The molecule has 1 fully saturated rings. The van der Waals surface area contributed by atoms with Gasteiger partial charge in [-0.2, -0.15) is 0 Å². The molecule has 0 radical (unpaired) electrons. The number of nitrogens with zero attached hydrogens (tertiary/aromatic N) is 4. The third-order valence-electron chi connectivity index (χ3n) is 2.88. The van der Waals surface area contributed by atoms with Gasteiger partial charge >= 0.3 is 0 Å². The van der Waals surface area contributed by atoms with Crippen LogP contribution in [0.5, 0.6) is 0 Å². The van der Waals surface area contributed by atoms with Gasteiger partial charge < -0.3 is 10.6 Å². The van der Waals surface area contributed by atoms with Crippen molar-refractivity contribution in [3.63, 3.8) is 0 Å². The molecule has 18 heavy (non-hydrogen) atoms. The molecule has 1 aliphatic rings. The number of tetrazole rings is 1. The Morgan fingerprint density at radius 1 is 1.44 bits per heavy atom. The van der Waals surface area contributed by atoms with Crippen molar-refractivity contribution in [2.24, 2.45) is 5.92 Å². The number of benzene rings is 1. The molecule has 1 saturated heterocycles. The Balaban J connectivity index is 1.76. The first kappa shape index (κ1) is 10.8. The highest BCUT2D eigenvalue weighted by Gasteiger charge is 2.24. The van der Waals surface area contributed by atoms with E-state index in [0.29, 0.717) is 0 Å². The van der Waals surface area contributed by atoms with Crippen molar-refractivity contribution in [2.45, 2.75) is 0 Å². The van der Waals surface area contributed by atoms with Crippen LogP contribution in [0, 0.1) is 5.92 Å². The first-order valence-corrected chi connectivity index (χ1v) is 5.68. The highest BCUT2D eigenvalue weighted by molar-refractivity contribution is 5.93. The normalized spacial score (nSPS) is 15.1. The predicted molar refractivity (Wildman–Crippen MR) is 64.1 cm³/mol. The molecule has 0 spiro atoms. The number of aromatic nitrogens is 4. The van der Waals surface area contributed by atoms with Gasteiger partial charge in [0, 0.05) is 18.8 Å². The minimum Gasteiger partial charge on any atom is -0.326 e. The Kier molecular flexibility index (Phi) is 2.73. The Morgan fingerprint density at radius 3 is 3.00 bits per heavy atom. The second-order valence-electron chi connectivity index (χ2n) is 4.15. The lowest BCUT2D eigenvalue weighted by Crippen LogP contribution is -2.48. The largest absolute Gasteiger partial charge is 0.326 e. The fraction of sp³-hybridized carbons (Fsp3) is 0.273. The first-order chi connectivity index (χ1) is 8.83. The third kappa shape index (κ3) is 2.07. The molecule has 1 amide bonds. The lowest BCUT2D eigenvalue weighted by Gasteiger charge is -2.25. The molecule has 1 aliphatic heterocycles. The number of carbonyl (C=O) groups excluding carboxylic acids is 1. The summed E-state index contributed by atoms with van der Waals surface area (Å²) in [6, 6.07) is 7.40. The van der Waals surface area contributed by atoms with E-state index < -0.39 is 0 Å². The Hall–Kier alpha value is -2.28. The zero-order chi connectivity index (χ0) is 12.4. The minimum atomic E-state index is 0.0441. The van der Waals surface area contributed by atoms with Gasteiger partial charge in [0.05, 0.1) is 11.6 Å². The van der Waals surface area contributed by atoms with Gasteiger partial charge in [0.1, 0.15) is 6.33 Å². The molecule has 2 heterocycles. The number of carbonyl (C=O) groups is 1. The quantitative estimate of drug-likeness (QED) is 0.782. The summed E-state index contributed by atoms with van der Waals surface area (Å²) in [5.41, 5.74) is 1.56. The van der Waals surface area contributed by atoms with Crippen LogP contribution in [-0.2, 0) is 4.79 Å².